The quantitative estimate of drug-likeness (QED) is 0.888. The summed E-state index contributed by atoms with van der Waals surface area (Å²) in [7, 11) is 1.66. The minimum Gasteiger partial charge on any atom is -0.497 e. The molecular weight excluding hydrogens is 302 g/mol. The first kappa shape index (κ1) is 16.5. The van der Waals surface area contributed by atoms with Crippen molar-refractivity contribution in [1.29, 1.82) is 0 Å². The zero-order valence-electron chi connectivity index (χ0n) is 13.9. The third-order valence-corrected chi connectivity index (χ3v) is 4.64. The average Bonchev–Trinajstić information content (AvgIpc) is 3.06. The van der Waals surface area contributed by atoms with Crippen LogP contribution >= 0.6 is 0 Å². The van der Waals surface area contributed by atoms with Crippen LogP contribution in [0.15, 0.2) is 48.5 Å². The number of carbonyl (C=O) groups is 1. The van der Waals surface area contributed by atoms with Gasteiger partial charge in [0.05, 0.1) is 19.1 Å². The highest BCUT2D eigenvalue weighted by atomic mass is 16.5. The maximum absolute atomic E-state index is 12.1. The van der Waals surface area contributed by atoms with Crippen molar-refractivity contribution in [3.63, 3.8) is 0 Å². The second-order valence-electron chi connectivity index (χ2n) is 6.25. The number of aliphatic hydroxyl groups excluding tert-OH is 1. The van der Waals surface area contributed by atoms with Crippen LogP contribution in [0.4, 0.5) is 0 Å². The first-order valence-electron chi connectivity index (χ1n) is 8.36. The van der Waals surface area contributed by atoms with E-state index in [1.54, 1.807) is 7.11 Å². The molecule has 0 bridgehead atoms. The normalized spacial score (nSPS) is 19.9. The lowest BCUT2D eigenvalue weighted by Crippen LogP contribution is -2.34. The molecule has 4 nitrogen and oxygen atoms in total. The third-order valence-electron chi connectivity index (χ3n) is 4.64. The Kier molecular flexibility index (Phi) is 5.16. The Balaban J connectivity index is 1.61. The largest absolute Gasteiger partial charge is 0.497 e. The minimum atomic E-state index is -0.486. The van der Waals surface area contributed by atoms with E-state index in [4.69, 9.17) is 4.74 Å². The van der Waals surface area contributed by atoms with Crippen LogP contribution in [0.2, 0.25) is 0 Å². The number of rotatable bonds is 5. The van der Waals surface area contributed by atoms with Gasteiger partial charge in [-0.3, -0.25) is 4.79 Å². The van der Waals surface area contributed by atoms with E-state index in [1.807, 2.05) is 48.5 Å². The van der Waals surface area contributed by atoms with E-state index in [2.05, 4.69) is 5.32 Å². The van der Waals surface area contributed by atoms with E-state index in [9.17, 15) is 9.90 Å². The van der Waals surface area contributed by atoms with Gasteiger partial charge in [-0.2, -0.15) is 0 Å². The minimum absolute atomic E-state index is 0.0446. The van der Waals surface area contributed by atoms with Crippen LogP contribution in [0.25, 0.3) is 11.1 Å². The number of nitrogens with one attached hydrogen (secondary N) is 1. The first-order chi connectivity index (χ1) is 11.7. The summed E-state index contributed by atoms with van der Waals surface area (Å²) in [5.41, 5.74) is 3.25. The number of amides is 1. The van der Waals surface area contributed by atoms with Gasteiger partial charge in [-0.05, 0) is 48.1 Å². The lowest BCUT2D eigenvalue weighted by Gasteiger charge is -2.14. The van der Waals surface area contributed by atoms with E-state index in [-0.39, 0.29) is 11.8 Å². The van der Waals surface area contributed by atoms with E-state index >= 15 is 0 Å². The number of ether oxygens (including phenoxy) is 1. The van der Waals surface area contributed by atoms with Crippen LogP contribution in [0.3, 0.4) is 0 Å². The SMILES string of the molecule is COc1cccc(-c2ccc(CNC(=O)C3CCCC3O)cc2)c1. The van der Waals surface area contributed by atoms with Gasteiger partial charge in [0.1, 0.15) is 5.75 Å². The summed E-state index contributed by atoms with van der Waals surface area (Å²) in [5, 5.41) is 12.7. The maximum Gasteiger partial charge on any atom is 0.225 e. The number of benzene rings is 2. The van der Waals surface area contributed by atoms with Gasteiger partial charge in [-0.1, -0.05) is 36.4 Å². The highest BCUT2D eigenvalue weighted by molar-refractivity contribution is 5.79. The molecule has 24 heavy (non-hydrogen) atoms. The molecule has 1 amide bonds. The molecule has 0 heterocycles. The second kappa shape index (κ2) is 7.49. The second-order valence-corrected chi connectivity index (χ2v) is 6.25. The molecule has 0 saturated heterocycles. The van der Waals surface area contributed by atoms with Gasteiger partial charge in [-0.15, -0.1) is 0 Å². The van der Waals surface area contributed by atoms with Crippen molar-refractivity contribution in [1.82, 2.24) is 5.32 Å². The van der Waals surface area contributed by atoms with Crippen LogP contribution in [0, 0.1) is 5.92 Å². The molecule has 2 unspecified atom stereocenters. The fraction of sp³-hybridized carbons (Fsp3) is 0.350. The summed E-state index contributed by atoms with van der Waals surface area (Å²) in [6, 6.07) is 16.0. The standard InChI is InChI=1S/C20H23NO3/c1-24-17-5-2-4-16(12-17)15-10-8-14(9-11-15)13-21-20(23)18-6-3-7-19(18)22/h2,4-5,8-12,18-19,22H,3,6-7,13H2,1H3,(H,21,23). The molecule has 1 aliphatic carbocycles. The van der Waals surface area contributed by atoms with Crippen LogP contribution in [-0.2, 0) is 11.3 Å². The topological polar surface area (TPSA) is 58.6 Å². The molecule has 1 fully saturated rings. The van der Waals surface area contributed by atoms with Crippen molar-refractivity contribution in [2.45, 2.75) is 31.9 Å². The Morgan fingerprint density at radius 3 is 2.62 bits per heavy atom. The molecule has 2 aromatic rings. The number of carbonyl (C=O) groups excluding carboxylic acids is 1. The molecule has 1 saturated carbocycles. The van der Waals surface area contributed by atoms with Crippen LogP contribution in [0.1, 0.15) is 24.8 Å². The van der Waals surface area contributed by atoms with E-state index in [0.29, 0.717) is 6.54 Å². The molecule has 4 heteroatoms. The van der Waals surface area contributed by atoms with Crippen LogP contribution < -0.4 is 10.1 Å². The highest BCUT2D eigenvalue weighted by Crippen LogP contribution is 2.26. The molecule has 0 aromatic heterocycles. The Hall–Kier alpha value is -2.33. The van der Waals surface area contributed by atoms with Crippen molar-refractivity contribution < 1.29 is 14.6 Å². The first-order valence-corrected chi connectivity index (χ1v) is 8.36. The summed E-state index contributed by atoms with van der Waals surface area (Å²) >= 11 is 0. The van der Waals surface area contributed by atoms with Crippen molar-refractivity contribution in [3.8, 4) is 16.9 Å². The Labute approximate surface area is 142 Å². The smallest absolute Gasteiger partial charge is 0.225 e. The summed E-state index contributed by atoms with van der Waals surface area (Å²) in [5.74, 6) is 0.539. The molecule has 0 aliphatic heterocycles. The Morgan fingerprint density at radius 1 is 1.17 bits per heavy atom. The zero-order valence-corrected chi connectivity index (χ0v) is 13.9. The zero-order chi connectivity index (χ0) is 16.9. The van der Waals surface area contributed by atoms with Crippen molar-refractivity contribution in [2.24, 2.45) is 5.92 Å². The number of aliphatic hydroxyl groups is 1. The summed E-state index contributed by atoms with van der Waals surface area (Å²) in [4.78, 5) is 12.1. The molecule has 0 radical (unpaired) electrons. The monoisotopic (exact) mass is 325 g/mol. The van der Waals surface area contributed by atoms with E-state index in [1.165, 1.54) is 0 Å². The molecule has 2 N–H and O–H groups in total. The molecule has 126 valence electrons. The lowest BCUT2D eigenvalue weighted by molar-refractivity contribution is -0.127. The van der Waals surface area contributed by atoms with Gasteiger partial charge >= 0.3 is 0 Å². The highest BCUT2D eigenvalue weighted by Gasteiger charge is 2.31. The lowest BCUT2D eigenvalue weighted by atomic mass is 10.0. The van der Waals surface area contributed by atoms with Gasteiger partial charge in [-0.25, -0.2) is 0 Å². The van der Waals surface area contributed by atoms with Gasteiger partial charge in [0.25, 0.3) is 0 Å². The van der Waals surface area contributed by atoms with E-state index in [0.717, 1.165) is 41.7 Å². The number of methoxy groups -OCH3 is 1. The maximum atomic E-state index is 12.1. The molecule has 2 atom stereocenters. The van der Waals surface area contributed by atoms with Gasteiger partial charge < -0.3 is 15.2 Å². The van der Waals surface area contributed by atoms with Gasteiger partial charge in [0, 0.05) is 6.54 Å². The molecule has 0 spiro atoms. The molecule has 2 aromatic carbocycles. The summed E-state index contributed by atoms with van der Waals surface area (Å²) in [6.07, 6.45) is 1.95. The predicted molar refractivity (Wildman–Crippen MR) is 93.6 cm³/mol. The van der Waals surface area contributed by atoms with Crippen LogP contribution in [-0.4, -0.2) is 24.2 Å². The Morgan fingerprint density at radius 2 is 1.96 bits per heavy atom. The van der Waals surface area contributed by atoms with Crippen molar-refractivity contribution in [3.05, 3.63) is 54.1 Å². The molecule has 3 rings (SSSR count). The predicted octanol–water partition coefficient (Wildman–Crippen LogP) is 3.14. The van der Waals surface area contributed by atoms with Crippen molar-refractivity contribution in [2.75, 3.05) is 7.11 Å². The van der Waals surface area contributed by atoms with E-state index < -0.39 is 6.10 Å². The third kappa shape index (κ3) is 3.77. The molecule has 1 aliphatic rings. The Bertz CT molecular complexity index is 696. The number of hydrogen-bond donors (Lipinski definition) is 2. The fourth-order valence-electron chi connectivity index (χ4n) is 3.18. The van der Waals surface area contributed by atoms with Gasteiger partial charge in [0.2, 0.25) is 5.91 Å². The number of hydrogen-bond acceptors (Lipinski definition) is 3. The molecular formula is C20H23NO3. The van der Waals surface area contributed by atoms with Crippen LogP contribution in [0.5, 0.6) is 5.75 Å². The summed E-state index contributed by atoms with van der Waals surface area (Å²) in [6.45, 7) is 0.487. The van der Waals surface area contributed by atoms with Crippen molar-refractivity contribution >= 4 is 5.91 Å². The van der Waals surface area contributed by atoms with Gasteiger partial charge in [0.15, 0.2) is 0 Å². The summed E-state index contributed by atoms with van der Waals surface area (Å²) < 4.78 is 5.25. The fourth-order valence-corrected chi connectivity index (χ4v) is 3.18. The average molecular weight is 325 g/mol.